The monoisotopic (exact) mass is 323 g/mol. The Hall–Kier alpha value is -1.33. The Morgan fingerprint density at radius 2 is 2.16 bits per heavy atom. The van der Waals surface area contributed by atoms with Gasteiger partial charge in [0.2, 0.25) is 0 Å². The van der Waals surface area contributed by atoms with Gasteiger partial charge in [0.25, 0.3) is 0 Å². The van der Waals surface area contributed by atoms with E-state index in [0.29, 0.717) is 6.61 Å². The molecule has 0 bridgehead atoms. The second-order valence-electron chi connectivity index (χ2n) is 4.47. The van der Waals surface area contributed by atoms with Gasteiger partial charge in [0, 0.05) is 18.1 Å². The summed E-state index contributed by atoms with van der Waals surface area (Å²) in [5.74, 6) is 0.868. The van der Waals surface area contributed by atoms with Gasteiger partial charge in [-0.1, -0.05) is 15.9 Å². The van der Waals surface area contributed by atoms with Gasteiger partial charge in [0.1, 0.15) is 12.4 Å². The highest BCUT2D eigenvalue weighted by Crippen LogP contribution is 2.23. The highest BCUT2D eigenvalue weighted by Gasteiger charge is 2.05. The summed E-state index contributed by atoms with van der Waals surface area (Å²) < 4.78 is 8.76. The van der Waals surface area contributed by atoms with Crippen LogP contribution in [0.1, 0.15) is 17.0 Å². The van der Waals surface area contributed by atoms with E-state index in [1.54, 1.807) is 0 Å². The standard InChI is InChI=1S/C14H18BrN3O/c1-10-6-12(18(3)17-10)9-19-13-4-5-14(15)11(7-13)8-16-2/h4-7,16H,8-9H2,1-3H3. The zero-order valence-electron chi connectivity index (χ0n) is 11.4. The number of benzene rings is 1. The summed E-state index contributed by atoms with van der Waals surface area (Å²) in [5.41, 5.74) is 3.25. The first-order valence-corrected chi connectivity index (χ1v) is 6.95. The number of hydrogen-bond donors (Lipinski definition) is 1. The topological polar surface area (TPSA) is 39.1 Å². The molecule has 0 saturated carbocycles. The van der Waals surface area contributed by atoms with E-state index in [1.807, 2.05) is 50.0 Å². The maximum absolute atomic E-state index is 5.82. The van der Waals surface area contributed by atoms with Gasteiger partial charge in [-0.25, -0.2) is 0 Å². The number of rotatable bonds is 5. The van der Waals surface area contributed by atoms with Gasteiger partial charge in [-0.15, -0.1) is 0 Å². The largest absolute Gasteiger partial charge is 0.487 e. The van der Waals surface area contributed by atoms with Gasteiger partial charge >= 0.3 is 0 Å². The fourth-order valence-corrected chi connectivity index (χ4v) is 2.31. The summed E-state index contributed by atoms with van der Waals surface area (Å²) in [5, 5.41) is 7.44. The Labute approximate surface area is 121 Å². The third-order valence-corrected chi connectivity index (χ3v) is 3.64. The molecule has 2 aromatic rings. The van der Waals surface area contributed by atoms with Crippen molar-refractivity contribution in [2.75, 3.05) is 7.05 Å². The highest BCUT2D eigenvalue weighted by atomic mass is 79.9. The maximum Gasteiger partial charge on any atom is 0.130 e. The van der Waals surface area contributed by atoms with Gasteiger partial charge in [0.05, 0.1) is 11.4 Å². The molecule has 1 heterocycles. The predicted octanol–water partition coefficient (Wildman–Crippen LogP) is 2.79. The summed E-state index contributed by atoms with van der Waals surface area (Å²) in [6.45, 7) is 3.31. The first-order valence-electron chi connectivity index (χ1n) is 6.15. The normalized spacial score (nSPS) is 10.7. The second-order valence-corrected chi connectivity index (χ2v) is 5.33. The smallest absolute Gasteiger partial charge is 0.130 e. The minimum atomic E-state index is 0.526. The molecular formula is C14H18BrN3O. The van der Waals surface area contributed by atoms with Crippen molar-refractivity contribution >= 4 is 15.9 Å². The Morgan fingerprint density at radius 3 is 2.79 bits per heavy atom. The fraction of sp³-hybridized carbons (Fsp3) is 0.357. The van der Waals surface area contributed by atoms with E-state index in [0.717, 1.165) is 28.2 Å². The zero-order valence-corrected chi connectivity index (χ0v) is 13.0. The van der Waals surface area contributed by atoms with Crippen molar-refractivity contribution in [3.05, 3.63) is 45.7 Å². The molecule has 19 heavy (non-hydrogen) atoms. The van der Waals surface area contributed by atoms with Crippen molar-refractivity contribution in [3.63, 3.8) is 0 Å². The van der Waals surface area contributed by atoms with Gasteiger partial charge < -0.3 is 10.1 Å². The summed E-state index contributed by atoms with van der Waals surface area (Å²) in [6.07, 6.45) is 0. The molecule has 0 radical (unpaired) electrons. The van der Waals surface area contributed by atoms with E-state index in [-0.39, 0.29) is 0 Å². The fourth-order valence-electron chi connectivity index (χ4n) is 1.92. The van der Waals surface area contributed by atoms with Crippen LogP contribution in [0, 0.1) is 6.92 Å². The third kappa shape index (κ3) is 3.58. The van der Waals surface area contributed by atoms with Crippen LogP contribution < -0.4 is 10.1 Å². The van der Waals surface area contributed by atoms with E-state index in [2.05, 4.69) is 26.3 Å². The number of halogens is 1. The molecule has 1 N–H and O–H groups in total. The number of ether oxygens (including phenoxy) is 1. The Kier molecular flexibility index (Phi) is 4.61. The molecule has 0 spiro atoms. The van der Waals surface area contributed by atoms with Gasteiger partial charge in [-0.05, 0) is 43.8 Å². The lowest BCUT2D eigenvalue weighted by molar-refractivity contribution is 0.294. The highest BCUT2D eigenvalue weighted by molar-refractivity contribution is 9.10. The molecule has 0 unspecified atom stereocenters. The molecule has 5 heteroatoms. The molecule has 0 atom stereocenters. The molecule has 0 aliphatic rings. The van der Waals surface area contributed by atoms with Crippen LogP contribution in [0.2, 0.25) is 0 Å². The van der Waals surface area contributed by atoms with Crippen molar-refractivity contribution < 1.29 is 4.74 Å². The first kappa shape index (κ1) is 14.1. The molecule has 0 saturated heterocycles. The van der Waals surface area contributed by atoms with Crippen LogP contribution in [0.5, 0.6) is 5.75 Å². The summed E-state index contributed by atoms with van der Waals surface area (Å²) in [7, 11) is 3.86. The van der Waals surface area contributed by atoms with Crippen molar-refractivity contribution in [2.45, 2.75) is 20.1 Å². The molecule has 1 aromatic heterocycles. The molecule has 102 valence electrons. The van der Waals surface area contributed by atoms with E-state index in [9.17, 15) is 0 Å². The lowest BCUT2D eigenvalue weighted by Gasteiger charge is -2.09. The average Bonchev–Trinajstić information content (AvgIpc) is 2.69. The van der Waals surface area contributed by atoms with Crippen LogP contribution in [0.3, 0.4) is 0 Å². The van der Waals surface area contributed by atoms with Crippen molar-refractivity contribution in [3.8, 4) is 5.75 Å². The van der Waals surface area contributed by atoms with Gasteiger partial charge in [-0.2, -0.15) is 5.10 Å². The summed E-state index contributed by atoms with van der Waals surface area (Å²) >= 11 is 3.53. The van der Waals surface area contributed by atoms with Crippen LogP contribution in [0.4, 0.5) is 0 Å². The Balaban J connectivity index is 2.07. The number of aryl methyl sites for hydroxylation is 2. The summed E-state index contributed by atoms with van der Waals surface area (Å²) in [4.78, 5) is 0. The summed E-state index contributed by atoms with van der Waals surface area (Å²) in [6, 6.07) is 8.06. The predicted molar refractivity (Wildman–Crippen MR) is 79.2 cm³/mol. The number of aromatic nitrogens is 2. The number of hydrogen-bond acceptors (Lipinski definition) is 3. The quantitative estimate of drug-likeness (QED) is 0.919. The molecular weight excluding hydrogens is 306 g/mol. The zero-order chi connectivity index (χ0) is 13.8. The number of nitrogens with one attached hydrogen (secondary N) is 1. The van der Waals surface area contributed by atoms with Crippen LogP contribution >= 0.6 is 15.9 Å². The molecule has 0 aliphatic heterocycles. The van der Waals surface area contributed by atoms with Crippen molar-refractivity contribution in [1.29, 1.82) is 0 Å². The molecule has 4 nitrogen and oxygen atoms in total. The molecule has 0 fully saturated rings. The Morgan fingerprint density at radius 1 is 1.37 bits per heavy atom. The SMILES string of the molecule is CNCc1cc(OCc2cc(C)nn2C)ccc1Br. The van der Waals surface area contributed by atoms with E-state index in [1.165, 1.54) is 5.56 Å². The molecule has 0 aliphatic carbocycles. The lowest BCUT2D eigenvalue weighted by Crippen LogP contribution is -2.07. The average molecular weight is 324 g/mol. The van der Waals surface area contributed by atoms with E-state index in [4.69, 9.17) is 4.74 Å². The van der Waals surface area contributed by atoms with E-state index >= 15 is 0 Å². The lowest BCUT2D eigenvalue weighted by atomic mass is 10.2. The first-order chi connectivity index (χ1) is 9.10. The van der Waals surface area contributed by atoms with Crippen LogP contribution in [0.25, 0.3) is 0 Å². The van der Waals surface area contributed by atoms with Crippen LogP contribution in [0.15, 0.2) is 28.7 Å². The second kappa shape index (κ2) is 6.21. The minimum Gasteiger partial charge on any atom is -0.487 e. The molecule has 1 aromatic carbocycles. The van der Waals surface area contributed by atoms with Crippen molar-refractivity contribution in [1.82, 2.24) is 15.1 Å². The van der Waals surface area contributed by atoms with E-state index < -0.39 is 0 Å². The van der Waals surface area contributed by atoms with Crippen LogP contribution in [-0.2, 0) is 20.2 Å². The maximum atomic E-state index is 5.82. The van der Waals surface area contributed by atoms with Gasteiger partial charge in [-0.3, -0.25) is 4.68 Å². The number of nitrogens with zero attached hydrogens (tertiary/aromatic N) is 2. The van der Waals surface area contributed by atoms with Crippen LogP contribution in [-0.4, -0.2) is 16.8 Å². The Bertz CT molecular complexity index is 566. The van der Waals surface area contributed by atoms with Crippen molar-refractivity contribution in [2.24, 2.45) is 7.05 Å². The minimum absolute atomic E-state index is 0.526. The third-order valence-electron chi connectivity index (χ3n) is 2.87. The molecule has 2 rings (SSSR count). The molecule has 0 amide bonds. The van der Waals surface area contributed by atoms with Gasteiger partial charge in [0.15, 0.2) is 0 Å².